The molecule has 0 heterocycles. The highest BCUT2D eigenvalue weighted by molar-refractivity contribution is 7.86. The fraction of sp³-hybridized carbons (Fsp3) is 0. The standard InChI is InChI=1S/C22H16N2O7S2/c25-19-11-8-15-12-18(32(26,27)28)13-20(33(29,30)31)22(15)21(19)14-6-9-17(10-7-14)24-23-16-4-2-1-3-5-16/h1-13,25H,(H,26,27,28)(H,29,30,31). The van der Waals surface area contributed by atoms with Crippen molar-refractivity contribution in [3.05, 3.63) is 78.9 Å². The number of rotatable bonds is 5. The zero-order chi connectivity index (χ0) is 23.8. The first-order valence-electron chi connectivity index (χ1n) is 9.36. The lowest BCUT2D eigenvalue weighted by Gasteiger charge is -2.14. The molecular weight excluding hydrogens is 468 g/mol. The molecule has 9 nitrogen and oxygen atoms in total. The lowest BCUT2D eigenvalue weighted by atomic mass is 9.97. The molecule has 3 N–H and O–H groups in total. The lowest BCUT2D eigenvalue weighted by molar-refractivity contribution is 0.478. The number of aromatic hydroxyl groups is 1. The first kappa shape index (κ1) is 22.6. The second-order valence-corrected chi connectivity index (χ2v) is 9.82. The highest BCUT2D eigenvalue weighted by Crippen LogP contribution is 2.41. The summed E-state index contributed by atoms with van der Waals surface area (Å²) in [6.45, 7) is 0. The van der Waals surface area contributed by atoms with E-state index in [0.717, 1.165) is 6.07 Å². The Morgan fingerprint density at radius 2 is 1.27 bits per heavy atom. The largest absolute Gasteiger partial charge is 0.507 e. The Bertz CT molecular complexity index is 1600. The molecule has 0 aliphatic carbocycles. The van der Waals surface area contributed by atoms with Crippen molar-refractivity contribution in [3.8, 4) is 16.9 Å². The van der Waals surface area contributed by atoms with E-state index in [4.69, 9.17) is 0 Å². The van der Waals surface area contributed by atoms with Crippen LogP contribution in [0.25, 0.3) is 21.9 Å². The van der Waals surface area contributed by atoms with Crippen LogP contribution >= 0.6 is 0 Å². The van der Waals surface area contributed by atoms with Gasteiger partial charge in [0.25, 0.3) is 20.2 Å². The minimum Gasteiger partial charge on any atom is -0.507 e. The Morgan fingerprint density at radius 1 is 0.667 bits per heavy atom. The zero-order valence-electron chi connectivity index (χ0n) is 16.7. The first-order chi connectivity index (χ1) is 15.5. The summed E-state index contributed by atoms with van der Waals surface area (Å²) >= 11 is 0. The third-order valence-corrected chi connectivity index (χ3v) is 6.51. The van der Waals surface area contributed by atoms with Gasteiger partial charge in [0.1, 0.15) is 10.6 Å². The summed E-state index contributed by atoms with van der Waals surface area (Å²) < 4.78 is 66.4. The van der Waals surface area contributed by atoms with Crippen LogP contribution in [-0.2, 0) is 20.2 Å². The van der Waals surface area contributed by atoms with Gasteiger partial charge >= 0.3 is 0 Å². The number of benzene rings is 4. The van der Waals surface area contributed by atoms with E-state index in [9.17, 15) is 31.0 Å². The van der Waals surface area contributed by atoms with Gasteiger partial charge in [-0.15, -0.1) is 0 Å². The molecule has 0 bridgehead atoms. The molecule has 0 aromatic heterocycles. The van der Waals surface area contributed by atoms with Crippen LogP contribution in [0.5, 0.6) is 5.75 Å². The molecule has 0 amide bonds. The van der Waals surface area contributed by atoms with Crippen LogP contribution in [-0.4, -0.2) is 31.0 Å². The molecule has 0 saturated carbocycles. The average Bonchev–Trinajstić information content (AvgIpc) is 2.77. The number of hydrogen-bond acceptors (Lipinski definition) is 7. The third kappa shape index (κ3) is 4.76. The van der Waals surface area contributed by atoms with E-state index < -0.39 is 30.0 Å². The molecule has 0 spiro atoms. The minimum atomic E-state index is -4.93. The molecule has 0 aliphatic heterocycles. The van der Waals surface area contributed by atoms with Gasteiger partial charge in [-0.2, -0.15) is 27.1 Å². The highest BCUT2D eigenvalue weighted by Gasteiger charge is 2.24. The van der Waals surface area contributed by atoms with E-state index in [2.05, 4.69) is 10.2 Å². The summed E-state index contributed by atoms with van der Waals surface area (Å²) in [4.78, 5) is -1.48. The van der Waals surface area contributed by atoms with Crippen LogP contribution in [0, 0.1) is 0 Å². The molecule has 0 saturated heterocycles. The number of phenols is 1. The fourth-order valence-corrected chi connectivity index (χ4v) is 4.71. The smallest absolute Gasteiger partial charge is 0.295 e. The average molecular weight is 485 g/mol. The van der Waals surface area contributed by atoms with Crippen LogP contribution in [0.15, 0.2) is 98.9 Å². The van der Waals surface area contributed by atoms with Crippen molar-refractivity contribution in [2.24, 2.45) is 10.2 Å². The summed E-state index contributed by atoms with van der Waals surface area (Å²) in [6, 6.07) is 19.6. The Labute approximate surface area is 189 Å². The number of hydrogen-bond donors (Lipinski definition) is 3. The van der Waals surface area contributed by atoms with Crippen molar-refractivity contribution in [1.29, 1.82) is 0 Å². The van der Waals surface area contributed by atoms with Crippen molar-refractivity contribution in [1.82, 2.24) is 0 Å². The van der Waals surface area contributed by atoms with Crippen LogP contribution < -0.4 is 0 Å². The monoisotopic (exact) mass is 484 g/mol. The van der Waals surface area contributed by atoms with Crippen LogP contribution in [0.3, 0.4) is 0 Å². The van der Waals surface area contributed by atoms with Gasteiger partial charge in [0.05, 0.1) is 16.3 Å². The van der Waals surface area contributed by atoms with Gasteiger partial charge in [0.15, 0.2) is 0 Å². The van der Waals surface area contributed by atoms with Gasteiger partial charge in [0, 0.05) is 10.9 Å². The van der Waals surface area contributed by atoms with Crippen LogP contribution in [0.2, 0.25) is 0 Å². The molecule has 0 unspecified atom stereocenters. The molecule has 33 heavy (non-hydrogen) atoms. The summed E-state index contributed by atoms with van der Waals surface area (Å²) in [6.07, 6.45) is 0. The van der Waals surface area contributed by atoms with Gasteiger partial charge in [-0.05, 0) is 53.4 Å². The lowest BCUT2D eigenvalue weighted by Crippen LogP contribution is -2.05. The normalized spacial score (nSPS) is 12.4. The molecule has 4 aromatic rings. The molecule has 0 atom stereocenters. The quantitative estimate of drug-likeness (QED) is 0.262. The van der Waals surface area contributed by atoms with E-state index in [0.29, 0.717) is 23.0 Å². The maximum atomic E-state index is 12.1. The van der Waals surface area contributed by atoms with Gasteiger partial charge in [-0.3, -0.25) is 9.11 Å². The van der Waals surface area contributed by atoms with Crippen LogP contribution in [0.1, 0.15) is 0 Å². The van der Waals surface area contributed by atoms with Crippen molar-refractivity contribution in [2.75, 3.05) is 0 Å². The van der Waals surface area contributed by atoms with Crippen molar-refractivity contribution >= 4 is 42.4 Å². The molecule has 0 aliphatic rings. The fourth-order valence-electron chi connectivity index (χ4n) is 3.34. The first-order valence-corrected chi connectivity index (χ1v) is 12.2. The van der Waals surface area contributed by atoms with E-state index >= 15 is 0 Å². The second-order valence-electron chi connectivity index (χ2n) is 7.01. The molecule has 0 fully saturated rings. The predicted molar refractivity (Wildman–Crippen MR) is 121 cm³/mol. The van der Waals surface area contributed by atoms with Gasteiger partial charge in [-0.25, -0.2) is 0 Å². The molecule has 168 valence electrons. The van der Waals surface area contributed by atoms with Gasteiger partial charge in [-0.1, -0.05) is 36.4 Å². The molecular formula is C22H16N2O7S2. The van der Waals surface area contributed by atoms with Gasteiger partial charge in [0.2, 0.25) is 0 Å². The molecule has 4 aromatic carbocycles. The summed E-state index contributed by atoms with van der Waals surface area (Å²) in [5, 5.41) is 18.7. The summed E-state index contributed by atoms with van der Waals surface area (Å²) in [5.74, 6) is -0.300. The van der Waals surface area contributed by atoms with E-state index in [1.165, 1.54) is 12.1 Å². The summed E-state index contributed by atoms with van der Waals surface area (Å²) in [5.41, 5.74) is 1.57. The highest BCUT2D eigenvalue weighted by atomic mass is 32.2. The zero-order valence-corrected chi connectivity index (χ0v) is 18.3. The number of azo groups is 1. The Morgan fingerprint density at radius 3 is 1.85 bits per heavy atom. The molecule has 4 rings (SSSR count). The molecule has 11 heteroatoms. The van der Waals surface area contributed by atoms with E-state index in [-0.39, 0.29) is 22.1 Å². The minimum absolute atomic E-state index is 0.0496. The Hall–Kier alpha value is -3.64. The van der Waals surface area contributed by atoms with Gasteiger partial charge < -0.3 is 5.11 Å². The van der Waals surface area contributed by atoms with E-state index in [1.807, 2.05) is 18.2 Å². The van der Waals surface area contributed by atoms with Crippen molar-refractivity contribution in [3.63, 3.8) is 0 Å². The summed E-state index contributed by atoms with van der Waals surface area (Å²) in [7, 11) is -9.69. The Balaban J connectivity index is 1.89. The predicted octanol–water partition coefficient (Wildman–Crippen LogP) is 5.12. The molecule has 0 radical (unpaired) electrons. The SMILES string of the molecule is O=S(=O)(O)c1cc(S(=O)(=O)O)c2c(-c3ccc(N=Nc4ccccc4)cc3)c(O)ccc2c1. The number of nitrogens with zero attached hydrogens (tertiary/aromatic N) is 2. The van der Waals surface area contributed by atoms with Crippen LogP contribution in [0.4, 0.5) is 11.4 Å². The maximum Gasteiger partial charge on any atom is 0.295 e. The van der Waals surface area contributed by atoms with Crippen molar-refractivity contribution in [2.45, 2.75) is 9.79 Å². The third-order valence-electron chi connectivity index (χ3n) is 4.80. The number of fused-ring (bicyclic) bond motifs is 1. The van der Waals surface area contributed by atoms with E-state index in [1.54, 1.807) is 36.4 Å². The van der Waals surface area contributed by atoms with Crippen molar-refractivity contribution < 1.29 is 31.0 Å². The topological polar surface area (TPSA) is 154 Å². The second kappa shape index (κ2) is 8.37. The number of phenolic OH excluding ortho intramolecular Hbond substituents is 1. The Kier molecular flexibility index (Phi) is 5.72. The maximum absolute atomic E-state index is 12.1.